The van der Waals surface area contributed by atoms with Crippen molar-refractivity contribution in [3.8, 4) is 17.4 Å². The number of pyridine rings is 1. The zero-order valence-electron chi connectivity index (χ0n) is 20.4. The van der Waals surface area contributed by atoms with Crippen molar-refractivity contribution >= 4 is 17.9 Å². The van der Waals surface area contributed by atoms with E-state index in [0.717, 1.165) is 5.56 Å². The zero-order chi connectivity index (χ0) is 25.1. The Labute approximate surface area is 204 Å². The van der Waals surface area contributed by atoms with E-state index in [1.165, 1.54) is 0 Å². The van der Waals surface area contributed by atoms with Crippen molar-refractivity contribution in [3.63, 3.8) is 0 Å². The van der Waals surface area contributed by atoms with Crippen molar-refractivity contribution in [2.24, 2.45) is 5.92 Å². The second-order valence-electron chi connectivity index (χ2n) is 9.00. The van der Waals surface area contributed by atoms with Crippen LogP contribution in [-0.4, -0.2) is 77.4 Å². The van der Waals surface area contributed by atoms with Crippen LogP contribution < -0.4 is 14.2 Å². The van der Waals surface area contributed by atoms with Crippen molar-refractivity contribution in [2.45, 2.75) is 32.9 Å². The van der Waals surface area contributed by atoms with Crippen LogP contribution in [0.5, 0.6) is 17.4 Å². The molecule has 0 fully saturated rings. The number of hydrogen-bond acceptors (Lipinski definition) is 7. The summed E-state index contributed by atoms with van der Waals surface area (Å²) in [6, 6.07) is 6.47. The second-order valence-corrected chi connectivity index (χ2v) is 9.00. The lowest BCUT2D eigenvalue weighted by molar-refractivity contribution is 0.0313. The Morgan fingerprint density at radius 2 is 2.09 bits per heavy atom. The van der Waals surface area contributed by atoms with Crippen molar-refractivity contribution in [2.75, 3.05) is 33.5 Å². The Bertz CT molecular complexity index is 1130. The van der Waals surface area contributed by atoms with E-state index < -0.39 is 6.10 Å². The molecule has 2 amide bonds. The van der Waals surface area contributed by atoms with E-state index in [1.807, 2.05) is 26.0 Å². The number of carbonyl (C=O) groups excluding carboxylic acids is 2. The number of hydrogen-bond donors (Lipinski definition) is 1. The number of aromatic nitrogens is 1. The standard InChI is InChI=1S/C26H31N3O6/c1-5-6-18-9-20-24(27-11-18)35-23(16(2)12-29(26(20)32)17(3)14-30)13-28(4)25(31)19-7-8-21-22(10-19)34-15-33-21/h5-11,16-17,23,30H,12-15H2,1-4H3/b6-5+/t16-,17-,23-/m0/s1. The number of likely N-dealkylation sites (N-methyl/N-ethyl adjacent to an activating group) is 1. The van der Waals surface area contributed by atoms with E-state index in [0.29, 0.717) is 29.2 Å². The Balaban J connectivity index is 1.61. The topological polar surface area (TPSA) is 101 Å². The molecule has 1 aromatic heterocycles. The summed E-state index contributed by atoms with van der Waals surface area (Å²) in [6.07, 6.45) is 4.94. The fraction of sp³-hybridized carbons (Fsp3) is 0.423. The lowest BCUT2D eigenvalue weighted by atomic mass is 9.99. The van der Waals surface area contributed by atoms with Crippen molar-refractivity contribution in [3.05, 3.63) is 53.2 Å². The van der Waals surface area contributed by atoms with Gasteiger partial charge in [-0.25, -0.2) is 4.98 Å². The molecule has 186 valence electrons. The molecule has 0 bridgehead atoms. The van der Waals surface area contributed by atoms with Crippen molar-refractivity contribution < 1.29 is 28.9 Å². The normalized spacial score (nSPS) is 20.1. The molecule has 9 heteroatoms. The third-order valence-corrected chi connectivity index (χ3v) is 6.32. The average Bonchev–Trinajstić information content (AvgIpc) is 3.33. The number of fused-ring (bicyclic) bond motifs is 2. The molecule has 0 spiro atoms. The molecule has 2 aliphatic heterocycles. The summed E-state index contributed by atoms with van der Waals surface area (Å²) in [5.74, 6) is 0.819. The number of carbonyl (C=O) groups is 2. The molecule has 0 aliphatic carbocycles. The predicted molar refractivity (Wildman–Crippen MR) is 130 cm³/mol. The molecule has 35 heavy (non-hydrogen) atoms. The van der Waals surface area contributed by atoms with Gasteiger partial charge in [-0.2, -0.15) is 0 Å². The number of aliphatic hydroxyl groups is 1. The summed E-state index contributed by atoms with van der Waals surface area (Å²) in [5, 5.41) is 9.79. The minimum absolute atomic E-state index is 0.134. The molecule has 0 saturated carbocycles. The highest BCUT2D eigenvalue weighted by Crippen LogP contribution is 2.33. The summed E-state index contributed by atoms with van der Waals surface area (Å²) < 4.78 is 17.0. The van der Waals surface area contributed by atoms with Gasteiger partial charge in [-0.15, -0.1) is 0 Å². The molecule has 2 aliphatic rings. The molecule has 3 heterocycles. The van der Waals surface area contributed by atoms with Crippen LogP contribution in [0.3, 0.4) is 0 Å². The van der Waals surface area contributed by atoms with Gasteiger partial charge < -0.3 is 29.1 Å². The van der Waals surface area contributed by atoms with E-state index in [1.54, 1.807) is 54.2 Å². The molecule has 9 nitrogen and oxygen atoms in total. The van der Waals surface area contributed by atoms with Crippen LogP contribution in [0.4, 0.5) is 0 Å². The van der Waals surface area contributed by atoms with Crippen LogP contribution in [0.25, 0.3) is 6.08 Å². The first-order valence-corrected chi connectivity index (χ1v) is 11.7. The van der Waals surface area contributed by atoms with Crippen LogP contribution >= 0.6 is 0 Å². The predicted octanol–water partition coefficient (Wildman–Crippen LogP) is 2.84. The van der Waals surface area contributed by atoms with Crippen LogP contribution in [0, 0.1) is 5.92 Å². The monoisotopic (exact) mass is 481 g/mol. The number of rotatable bonds is 6. The van der Waals surface area contributed by atoms with Crippen LogP contribution in [0.15, 0.2) is 36.5 Å². The van der Waals surface area contributed by atoms with Crippen molar-refractivity contribution in [1.29, 1.82) is 0 Å². The van der Waals surface area contributed by atoms with Gasteiger partial charge in [0.25, 0.3) is 11.8 Å². The lowest BCUT2D eigenvalue weighted by Gasteiger charge is -2.37. The Morgan fingerprint density at radius 1 is 1.31 bits per heavy atom. The Hall–Kier alpha value is -3.59. The molecular weight excluding hydrogens is 450 g/mol. The quantitative estimate of drug-likeness (QED) is 0.677. The Kier molecular flexibility index (Phi) is 7.25. The van der Waals surface area contributed by atoms with Gasteiger partial charge in [0.15, 0.2) is 11.5 Å². The highest BCUT2D eigenvalue weighted by molar-refractivity contribution is 5.97. The maximum Gasteiger partial charge on any atom is 0.259 e. The van der Waals surface area contributed by atoms with E-state index in [9.17, 15) is 14.7 Å². The van der Waals surface area contributed by atoms with E-state index >= 15 is 0 Å². The molecule has 1 aromatic carbocycles. The fourth-order valence-corrected chi connectivity index (χ4v) is 4.22. The maximum atomic E-state index is 13.4. The van der Waals surface area contributed by atoms with Crippen LogP contribution in [0.1, 0.15) is 47.1 Å². The summed E-state index contributed by atoms with van der Waals surface area (Å²) in [4.78, 5) is 34.2. The van der Waals surface area contributed by atoms with E-state index in [4.69, 9.17) is 14.2 Å². The van der Waals surface area contributed by atoms with Gasteiger partial charge in [-0.3, -0.25) is 9.59 Å². The fourth-order valence-electron chi connectivity index (χ4n) is 4.22. The van der Waals surface area contributed by atoms with Gasteiger partial charge in [0.1, 0.15) is 11.7 Å². The van der Waals surface area contributed by atoms with Gasteiger partial charge in [-0.1, -0.05) is 19.1 Å². The molecule has 2 aromatic rings. The molecule has 0 saturated heterocycles. The molecule has 0 unspecified atom stereocenters. The maximum absolute atomic E-state index is 13.4. The van der Waals surface area contributed by atoms with Gasteiger partial charge in [0.2, 0.25) is 12.7 Å². The summed E-state index contributed by atoms with van der Waals surface area (Å²) in [6.45, 7) is 6.28. The summed E-state index contributed by atoms with van der Waals surface area (Å²) in [7, 11) is 1.71. The van der Waals surface area contributed by atoms with Gasteiger partial charge in [-0.05, 0) is 43.7 Å². The first kappa shape index (κ1) is 24.5. The number of nitrogens with zero attached hydrogens (tertiary/aromatic N) is 3. The smallest absolute Gasteiger partial charge is 0.259 e. The lowest BCUT2D eigenvalue weighted by Crippen LogP contribution is -2.50. The average molecular weight is 482 g/mol. The van der Waals surface area contributed by atoms with E-state index in [-0.39, 0.29) is 49.6 Å². The summed E-state index contributed by atoms with van der Waals surface area (Å²) >= 11 is 0. The number of allylic oxidation sites excluding steroid dienone is 1. The van der Waals surface area contributed by atoms with Crippen LogP contribution in [-0.2, 0) is 0 Å². The number of aliphatic hydroxyl groups excluding tert-OH is 1. The van der Waals surface area contributed by atoms with Crippen LogP contribution in [0.2, 0.25) is 0 Å². The van der Waals surface area contributed by atoms with Gasteiger partial charge >= 0.3 is 0 Å². The zero-order valence-corrected chi connectivity index (χ0v) is 20.4. The third kappa shape index (κ3) is 5.09. The highest BCUT2D eigenvalue weighted by Gasteiger charge is 2.35. The SMILES string of the molecule is C/C=C/c1cnc2c(c1)C(=O)N([C@@H](C)CO)C[C@H](C)[C@H](CN(C)C(=O)c1ccc3c(c1)OCO3)O2. The first-order valence-electron chi connectivity index (χ1n) is 11.7. The molecule has 0 radical (unpaired) electrons. The first-order chi connectivity index (χ1) is 16.8. The number of amides is 2. The third-order valence-electron chi connectivity index (χ3n) is 6.32. The number of ether oxygens (including phenoxy) is 3. The van der Waals surface area contributed by atoms with Gasteiger partial charge in [0, 0.05) is 31.3 Å². The second kappa shape index (κ2) is 10.4. The minimum atomic E-state index is -0.432. The van der Waals surface area contributed by atoms with E-state index in [2.05, 4.69) is 4.98 Å². The molecule has 3 atom stereocenters. The molecular formula is C26H31N3O6. The van der Waals surface area contributed by atoms with Crippen molar-refractivity contribution in [1.82, 2.24) is 14.8 Å². The minimum Gasteiger partial charge on any atom is -0.472 e. The highest BCUT2D eigenvalue weighted by atomic mass is 16.7. The largest absolute Gasteiger partial charge is 0.472 e. The summed E-state index contributed by atoms with van der Waals surface area (Å²) in [5.41, 5.74) is 1.60. The Morgan fingerprint density at radius 3 is 2.83 bits per heavy atom. The number of benzene rings is 1. The molecule has 1 N–H and O–H groups in total. The molecule has 4 rings (SSSR count). The van der Waals surface area contributed by atoms with Gasteiger partial charge in [0.05, 0.1) is 19.2 Å².